The summed E-state index contributed by atoms with van der Waals surface area (Å²) in [5.41, 5.74) is 5.32. The molecule has 2 aliphatic rings. The van der Waals surface area contributed by atoms with Gasteiger partial charge in [-0.25, -0.2) is 0 Å². The highest BCUT2D eigenvalue weighted by atomic mass is 16.2. The predicted molar refractivity (Wildman–Crippen MR) is 82.5 cm³/mol. The van der Waals surface area contributed by atoms with Gasteiger partial charge < -0.3 is 15.5 Å². The van der Waals surface area contributed by atoms with E-state index < -0.39 is 0 Å². The van der Waals surface area contributed by atoms with Crippen molar-refractivity contribution in [3.05, 3.63) is 0 Å². The second kappa shape index (κ2) is 6.34. The minimum Gasteiger partial charge on any atom is -0.342 e. The minimum absolute atomic E-state index is 0.0263. The minimum atomic E-state index is -0.372. The Morgan fingerprint density at radius 1 is 1.10 bits per heavy atom. The van der Waals surface area contributed by atoms with E-state index in [1.54, 1.807) is 0 Å². The zero-order valence-corrected chi connectivity index (χ0v) is 13.6. The first-order valence-corrected chi connectivity index (χ1v) is 8.11. The molecular weight excluding hydrogens is 266 g/mol. The molecule has 5 nitrogen and oxygen atoms in total. The molecule has 0 spiro atoms. The van der Waals surface area contributed by atoms with Crippen molar-refractivity contribution in [3.63, 3.8) is 0 Å². The van der Waals surface area contributed by atoms with Crippen molar-refractivity contribution in [2.45, 2.75) is 40.0 Å². The highest BCUT2D eigenvalue weighted by Gasteiger charge is 2.36. The summed E-state index contributed by atoms with van der Waals surface area (Å²) in [5.74, 6) is 0.796. The maximum Gasteiger partial charge on any atom is 0.227 e. The second-order valence-electron chi connectivity index (χ2n) is 7.51. The van der Waals surface area contributed by atoms with Gasteiger partial charge in [-0.3, -0.25) is 9.59 Å². The molecule has 120 valence electrons. The van der Waals surface area contributed by atoms with Crippen LogP contribution in [0.3, 0.4) is 0 Å². The summed E-state index contributed by atoms with van der Waals surface area (Å²) in [6.45, 7) is 9.45. The van der Waals surface area contributed by atoms with E-state index in [2.05, 4.69) is 0 Å². The Kier molecular flexibility index (Phi) is 4.91. The maximum atomic E-state index is 12.6. The van der Waals surface area contributed by atoms with Crippen LogP contribution in [0.25, 0.3) is 0 Å². The van der Waals surface area contributed by atoms with Gasteiger partial charge in [0.15, 0.2) is 0 Å². The van der Waals surface area contributed by atoms with Gasteiger partial charge in [0.05, 0.1) is 5.92 Å². The zero-order chi connectivity index (χ0) is 15.6. The van der Waals surface area contributed by atoms with Crippen molar-refractivity contribution >= 4 is 11.8 Å². The summed E-state index contributed by atoms with van der Waals surface area (Å²) in [5, 5.41) is 0. The molecule has 2 aliphatic heterocycles. The molecule has 0 aromatic heterocycles. The lowest BCUT2D eigenvalue weighted by Crippen LogP contribution is -2.49. The Morgan fingerprint density at radius 3 is 2.38 bits per heavy atom. The quantitative estimate of drug-likeness (QED) is 0.829. The van der Waals surface area contributed by atoms with Crippen molar-refractivity contribution in [1.29, 1.82) is 0 Å². The van der Waals surface area contributed by atoms with Gasteiger partial charge in [0.1, 0.15) is 0 Å². The van der Waals surface area contributed by atoms with Gasteiger partial charge in [-0.2, -0.15) is 0 Å². The molecule has 21 heavy (non-hydrogen) atoms. The van der Waals surface area contributed by atoms with Gasteiger partial charge in [0.25, 0.3) is 0 Å². The highest BCUT2D eigenvalue weighted by molar-refractivity contribution is 5.84. The van der Waals surface area contributed by atoms with Crippen LogP contribution in [0.1, 0.15) is 40.0 Å². The van der Waals surface area contributed by atoms with Crippen LogP contribution in [-0.4, -0.2) is 54.3 Å². The normalized spacial score (nSPS) is 27.0. The molecule has 2 fully saturated rings. The SMILES string of the molecule is CC(C)(C)C(=O)N1CCCC(C(=O)N2CCC(CN)C2)C1. The molecule has 2 atom stereocenters. The molecule has 0 saturated carbocycles. The topological polar surface area (TPSA) is 66.6 Å². The maximum absolute atomic E-state index is 12.6. The lowest BCUT2D eigenvalue weighted by Gasteiger charge is -2.37. The van der Waals surface area contributed by atoms with E-state index in [0.29, 0.717) is 19.0 Å². The van der Waals surface area contributed by atoms with Crippen LogP contribution in [-0.2, 0) is 9.59 Å². The Bertz CT molecular complexity index is 403. The molecule has 0 aromatic rings. The standard InChI is InChI=1S/C16H29N3O2/c1-16(2,3)15(21)19-7-4-5-13(11-19)14(20)18-8-6-12(9-17)10-18/h12-13H,4-11,17H2,1-3H3. The van der Waals surface area contributed by atoms with Crippen molar-refractivity contribution < 1.29 is 9.59 Å². The number of nitrogens with zero attached hydrogens (tertiary/aromatic N) is 2. The van der Waals surface area contributed by atoms with Gasteiger partial charge in [0, 0.05) is 31.6 Å². The highest BCUT2D eigenvalue weighted by Crippen LogP contribution is 2.26. The van der Waals surface area contributed by atoms with E-state index in [1.807, 2.05) is 30.6 Å². The Hall–Kier alpha value is -1.10. The predicted octanol–water partition coefficient (Wildman–Crippen LogP) is 1.08. The molecular formula is C16H29N3O2. The van der Waals surface area contributed by atoms with E-state index in [-0.39, 0.29) is 23.1 Å². The van der Waals surface area contributed by atoms with E-state index in [1.165, 1.54) is 0 Å². The molecule has 0 radical (unpaired) electrons. The Balaban J connectivity index is 1.95. The van der Waals surface area contributed by atoms with Crippen LogP contribution < -0.4 is 5.73 Å². The molecule has 2 N–H and O–H groups in total. The number of likely N-dealkylation sites (tertiary alicyclic amines) is 2. The summed E-state index contributed by atoms with van der Waals surface area (Å²) >= 11 is 0. The third-order valence-electron chi connectivity index (χ3n) is 4.63. The van der Waals surface area contributed by atoms with Crippen molar-refractivity contribution in [2.75, 3.05) is 32.7 Å². The average Bonchev–Trinajstić information content (AvgIpc) is 2.93. The van der Waals surface area contributed by atoms with E-state index >= 15 is 0 Å². The smallest absolute Gasteiger partial charge is 0.227 e. The molecule has 0 aromatic carbocycles. The second-order valence-corrected chi connectivity index (χ2v) is 7.51. The average molecular weight is 295 g/mol. The summed E-state index contributed by atoms with van der Waals surface area (Å²) in [7, 11) is 0. The first-order valence-electron chi connectivity index (χ1n) is 8.11. The van der Waals surface area contributed by atoms with Crippen LogP contribution in [0.2, 0.25) is 0 Å². The first-order chi connectivity index (χ1) is 9.82. The fraction of sp³-hybridized carbons (Fsp3) is 0.875. The monoisotopic (exact) mass is 295 g/mol. The summed E-state index contributed by atoms with van der Waals surface area (Å²) in [4.78, 5) is 28.8. The van der Waals surface area contributed by atoms with Crippen LogP contribution >= 0.6 is 0 Å². The number of amides is 2. The molecule has 2 amide bonds. The van der Waals surface area contributed by atoms with Crippen molar-refractivity contribution in [1.82, 2.24) is 9.80 Å². The van der Waals surface area contributed by atoms with E-state index in [0.717, 1.165) is 38.9 Å². The summed E-state index contributed by atoms with van der Waals surface area (Å²) in [6, 6.07) is 0. The largest absolute Gasteiger partial charge is 0.342 e. The molecule has 2 rings (SSSR count). The number of carbonyl (C=O) groups is 2. The van der Waals surface area contributed by atoms with Crippen LogP contribution in [0.4, 0.5) is 0 Å². The zero-order valence-electron chi connectivity index (χ0n) is 13.6. The molecule has 2 unspecified atom stereocenters. The fourth-order valence-electron chi connectivity index (χ4n) is 3.32. The van der Waals surface area contributed by atoms with Gasteiger partial charge in [-0.1, -0.05) is 20.8 Å². The lowest BCUT2D eigenvalue weighted by molar-refractivity contribution is -0.145. The third-order valence-corrected chi connectivity index (χ3v) is 4.63. The number of carbonyl (C=O) groups excluding carboxylic acids is 2. The van der Waals surface area contributed by atoms with E-state index in [9.17, 15) is 9.59 Å². The van der Waals surface area contributed by atoms with E-state index in [4.69, 9.17) is 5.73 Å². The summed E-state index contributed by atoms with van der Waals surface area (Å²) in [6.07, 6.45) is 2.84. The van der Waals surface area contributed by atoms with Crippen molar-refractivity contribution in [2.24, 2.45) is 23.0 Å². The Morgan fingerprint density at radius 2 is 1.81 bits per heavy atom. The molecule has 2 heterocycles. The number of rotatable bonds is 2. The Labute approximate surface area is 127 Å². The molecule has 5 heteroatoms. The number of nitrogens with two attached hydrogens (primary N) is 1. The first kappa shape index (κ1) is 16.3. The number of hydrogen-bond acceptors (Lipinski definition) is 3. The number of piperidine rings is 1. The lowest BCUT2D eigenvalue weighted by atomic mass is 9.90. The van der Waals surface area contributed by atoms with Crippen LogP contribution in [0.5, 0.6) is 0 Å². The van der Waals surface area contributed by atoms with Crippen LogP contribution in [0.15, 0.2) is 0 Å². The van der Waals surface area contributed by atoms with Gasteiger partial charge in [0.2, 0.25) is 11.8 Å². The van der Waals surface area contributed by atoms with Crippen LogP contribution in [0, 0.1) is 17.3 Å². The van der Waals surface area contributed by atoms with Gasteiger partial charge in [-0.15, -0.1) is 0 Å². The molecule has 2 saturated heterocycles. The summed E-state index contributed by atoms with van der Waals surface area (Å²) < 4.78 is 0. The number of hydrogen-bond donors (Lipinski definition) is 1. The molecule has 0 aliphatic carbocycles. The van der Waals surface area contributed by atoms with Crippen molar-refractivity contribution in [3.8, 4) is 0 Å². The fourth-order valence-corrected chi connectivity index (χ4v) is 3.32. The molecule has 0 bridgehead atoms. The third kappa shape index (κ3) is 3.76. The van der Waals surface area contributed by atoms with Gasteiger partial charge in [-0.05, 0) is 31.7 Å². The van der Waals surface area contributed by atoms with Gasteiger partial charge >= 0.3 is 0 Å².